The predicted octanol–water partition coefficient (Wildman–Crippen LogP) is 4.25. The molecule has 2 heterocycles. The van der Waals surface area contributed by atoms with Crippen LogP contribution >= 0.6 is 0 Å². The number of hydrogen-bond donors (Lipinski definition) is 1. The maximum atomic E-state index is 12.7. The molecule has 0 aliphatic carbocycles. The van der Waals surface area contributed by atoms with Gasteiger partial charge in [-0.1, -0.05) is 55.8 Å². The van der Waals surface area contributed by atoms with E-state index >= 15 is 0 Å². The van der Waals surface area contributed by atoms with Gasteiger partial charge in [-0.05, 0) is 31.4 Å². The summed E-state index contributed by atoms with van der Waals surface area (Å²) in [5, 5.41) is 8.28. The van der Waals surface area contributed by atoms with E-state index in [0.717, 1.165) is 28.8 Å². The normalized spacial score (nSPS) is 15.3. The Kier molecular flexibility index (Phi) is 4.07. The van der Waals surface area contributed by atoms with E-state index in [9.17, 15) is 4.79 Å². The van der Waals surface area contributed by atoms with Gasteiger partial charge in [0.1, 0.15) is 6.17 Å². The van der Waals surface area contributed by atoms with Crippen LogP contribution in [0.25, 0.3) is 22.6 Å². The molecule has 1 aliphatic heterocycles. The average molecular weight is 346 g/mol. The van der Waals surface area contributed by atoms with Crippen LogP contribution in [0.15, 0.2) is 53.3 Å². The van der Waals surface area contributed by atoms with E-state index in [-0.39, 0.29) is 11.7 Å². The number of fused-ring (bicyclic) bond motifs is 3. The zero-order valence-corrected chi connectivity index (χ0v) is 15.2. The van der Waals surface area contributed by atoms with Crippen molar-refractivity contribution < 1.29 is 0 Å². The summed E-state index contributed by atoms with van der Waals surface area (Å²) >= 11 is 0. The molecule has 5 heteroatoms. The fourth-order valence-electron chi connectivity index (χ4n) is 3.34. The lowest BCUT2D eigenvalue weighted by Gasteiger charge is -2.31. The fraction of sp³-hybridized carbons (Fsp3) is 0.286. The molecule has 1 aliphatic rings. The van der Waals surface area contributed by atoms with Crippen LogP contribution in [0.5, 0.6) is 0 Å². The highest BCUT2D eigenvalue weighted by molar-refractivity contribution is 5.76. The van der Waals surface area contributed by atoms with E-state index in [0.29, 0.717) is 17.4 Å². The van der Waals surface area contributed by atoms with Gasteiger partial charge in [0.05, 0.1) is 0 Å². The van der Waals surface area contributed by atoms with Crippen LogP contribution < -0.4 is 10.9 Å². The molecule has 0 spiro atoms. The first-order chi connectivity index (χ1) is 12.5. The van der Waals surface area contributed by atoms with Crippen LogP contribution in [0.2, 0.25) is 0 Å². The molecule has 1 atom stereocenters. The highest BCUT2D eigenvalue weighted by Gasteiger charge is 2.27. The standard InChI is InChI=1S/C21H22N4O/c1-13(2)12-18-22-17-7-5-4-6-16(17)20-23-21(26)19(24-25(18)20)15-10-8-14(3)9-11-15/h4-11,13,18,22H,12H2,1-3H3/t18-/m1/s1. The Morgan fingerprint density at radius 2 is 1.85 bits per heavy atom. The summed E-state index contributed by atoms with van der Waals surface area (Å²) in [6.07, 6.45) is 0.865. The SMILES string of the molecule is Cc1ccc(-c2nn3c(nc2=O)-c2ccccc2N[C@H]3CC(C)C)cc1. The quantitative estimate of drug-likeness (QED) is 0.770. The predicted molar refractivity (Wildman–Crippen MR) is 104 cm³/mol. The lowest BCUT2D eigenvalue weighted by atomic mass is 10.0. The molecule has 5 nitrogen and oxygen atoms in total. The van der Waals surface area contributed by atoms with Gasteiger partial charge in [-0.15, -0.1) is 0 Å². The number of benzene rings is 2. The van der Waals surface area contributed by atoms with Crippen LogP contribution in [-0.4, -0.2) is 14.8 Å². The largest absolute Gasteiger partial charge is 0.363 e. The highest BCUT2D eigenvalue weighted by atomic mass is 16.1. The van der Waals surface area contributed by atoms with Gasteiger partial charge in [0, 0.05) is 16.8 Å². The number of hydrogen-bond acceptors (Lipinski definition) is 4. The summed E-state index contributed by atoms with van der Waals surface area (Å²) in [6.45, 7) is 6.38. The lowest BCUT2D eigenvalue weighted by Crippen LogP contribution is -2.32. The Bertz CT molecular complexity index is 1010. The molecule has 1 N–H and O–H groups in total. The Morgan fingerprint density at radius 3 is 2.58 bits per heavy atom. The van der Waals surface area contributed by atoms with E-state index in [2.05, 4.69) is 24.1 Å². The maximum Gasteiger partial charge on any atom is 0.300 e. The number of aromatic nitrogens is 3. The first-order valence-electron chi connectivity index (χ1n) is 8.97. The van der Waals surface area contributed by atoms with Gasteiger partial charge in [0.2, 0.25) is 0 Å². The van der Waals surface area contributed by atoms with E-state index in [1.165, 1.54) is 0 Å². The zero-order valence-electron chi connectivity index (χ0n) is 15.2. The van der Waals surface area contributed by atoms with Gasteiger partial charge in [-0.2, -0.15) is 10.1 Å². The van der Waals surface area contributed by atoms with Gasteiger partial charge < -0.3 is 5.32 Å². The van der Waals surface area contributed by atoms with Crippen molar-refractivity contribution in [2.24, 2.45) is 5.92 Å². The summed E-state index contributed by atoms with van der Waals surface area (Å²) in [5.74, 6) is 1.11. The van der Waals surface area contributed by atoms with Crippen molar-refractivity contribution in [3.63, 3.8) is 0 Å². The summed E-state index contributed by atoms with van der Waals surface area (Å²) in [7, 11) is 0. The van der Waals surface area contributed by atoms with Gasteiger partial charge in [-0.25, -0.2) is 4.68 Å². The number of nitrogens with zero attached hydrogens (tertiary/aromatic N) is 3. The summed E-state index contributed by atoms with van der Waals surface area (Å²) < 4.78 is 1.87. The first-order valence-corrected chi connectivity index (χ1v) is 8.97. The van der Waals surface area contributed by atoms with Crippen LogP contribution in [0.4, 0.5) is 5.69 Å². The molecule has 0 saturated carbocycles. The minimum atomic E-state index is -0.292. The molecular weight excluding hydrogens is 324 g/mol. The third kappa shape index (κ3) is 2.90. The van der Waals surface area contributed by atoms with Crippen molar-refractivity contribution in [1.82, 2.24) is 14.8 Å². The number of anilines is 1. The van der Waals surface area contributed by atoms with Crippen LogP contribution in [0.3, 0.4) is 0 Å². The molecule has 1 aromatic heterocycles. The van der Waals surface area contributed by atoms with Gasteiger partial charge >= 0.3 is 0 Å². The van der Waals surface area contributed by atoms with Crippen molar-refractivity contribution in [3.05, 3.63) is 64.4 Å². The summed E-state index contributed by atoms with van der Waals surface area (Å²) in [5.41, 5.74) is 3.95. The lowest BCUT2D eigenvalue weighted by molar-refractivity contribution is 0.398. The summed E-state index contributed by atoms with van der Waals surface area (Å²) in [6, 6.07) is 15.8. The summed E-state index contributed by atoms with van der Waals surface area (Å²) in [4.78, 5) is 17.1. The molecule has 132 valence electrons. The molecule has 0 saturated heterocycles. The molecule has 0 unspecified atom stereocenters. The second-order valence-corrected chi connectivity index (χ2v) is 7.24. The Labute approximate surface area is 152 Å². The zero-order chi connectivity index (χ0) is 18.3. The molecule has 2 aromatic carbocycles. The van der Waals surface area contributed by atoms with Gasteiger partial charge in [0.15, 0.2) is 11.5 Å². The van der Waals surface area contributed by atoms with Crippen LogP contribution in [0, 0.1) is 12.8 Å². The van der Waals surface area contributed by atoms with Crippen molar-refractivity contribution >= 4 is 5.69 Å². The average Bonchev–Trinajstić information content (AvgIpc) is 2.62. The van der Waals surface area contributed by atoms with E-state index < -0.39 is 0 Å². The van der Waals surface area contributed by atoms with Crippen LogP contribution in [0.1, 0.15) is 32.0 Å². The second kappa shape index (κ2) is 6.41. The number of nitrogens with one attached hydrogen (secondary N) is 1. The maximum absolute atomic E-state index is 12.7. The second-order valence-electron chi connectivity index (χ2n) is 7.24. The third-order valence-electron chi connectivity index (χ3n) is 4.64. The van der Waals surface area contributed by atoms with Gasteiger partial charge in [-0.3, -0.25) is 4.79 Å². The molecule has 0 radical (unpaired) electrons. The number of para-hydroxylation sites is 1. The monoisotopic (exact) mass is 346 g/mol. The molecule has 0 fully saturated rings. The highest BCUT2D eigenvalue weighted by Crippen LogP contribution is 2.35. The molecule has 0 bridgehead atoms. The molecule has 3 aromatic rings. The molecular formula is C21H22N4O. The fourth-order valence-corrected chi connectivity index (χ4v) is 3.34. The van der Waals surface area contributed by atoms with Gasteiger partial charge in [0.25, 0.3) is 5.56 Å². The van der Waals surface area contributed by atoms with Crippen LogP contribution in [-0.2, 0) is 0 Å². The molecule has 4 rings (SSSR count). The Morgan fingerprint density at radius 1 is 1.12 bits per heavy atom. The molecule has 0 amide bonds. The number of aryl methyl sites for hydroxylation is 1. The minimum absolute atomic E-state index is 0.0304. The number of rotatable bonds is 3. The van der Waals surface area contributed by atoms with E-state index in [1.54, 1.807) is 0 Å². The van der Waals surface area contributed by atoms with Crippen molar-refractivity contribution in [3.8, 4) is 22.6 Å². The topological polar surface area (TPSA) is 59.8 Å². The first kappa shape index (κ1) is 16.5. The molecule has 26 heavy (non-hydrogen) atoms. The minimum Gasteiger partial charge on any atom is -0.363 e. The van der Waals surface area contributed by atoms with Crippen molar-refractivity contribution in [2.75, 3.05) is 5.32 Å². The third-order valence-corrected chi connectivity index (χ3v) is 4.64. The van der Waals surface area contributed by atoms with Crippen molar-refractivity contribution in [2.45, 2.75) is 33.4 Å². The van der Waals surface area contributed by atoms with Crippen molar-refractivity contribution in [1.29, 1.82) is 0 Å². The Hall–Kier alpha value is -2.95. The van der Waals surface area contributed by atoms with E-state index in [4.69, 9.17) is 5.10 Å². The smallest absolute Gasteiger partial charge is 0.300 e. The van der Waals surface area contributed by atoms with E-state index in [1.807, 2.05) is 60.1 Å². The Balaban J connectivity index is 1.91.